The van der Waals surface area contributed by atoms with Crippen LogP contribution in [-0.4, -0.2) is 36.5 Å². The third-order valence-corrected chi connectivity index (χ3v) is 7.03. The Kier molecular flexibility index (Phi) is 4.48. The monoisotopic (exact) mass is 433 g/mol. The van der Waals surface area contributed by atoms with Crippen LogP contribution in [0, 0.1) is 6.92 Å². The van der Waals surface area contributed by atoms with Gasteiger partial charge in [-0.15, -0.1) is 0 Å². The van der Waals surface area contributed by atoms with Crippen molar-refractivity contribution in [2.45, 2.75) is 18.4 Å². The van der Waals surface area contributed by atoms with Gasteiger partial charge in [0.25, 0.3) is 10.0 Å². The van der Waals surface area contributed by atoms with Gasteiger partial charge in [0.1, 0.15) is 5.65 Å². The molecule has 0 bridgehead atoms. The number of benzene rings is 1. The van der Waals surface area contributed by atoms with Gasteiger partial charge in [-0.25, -0.2) is 9.97 Å². The third-order valence-electron chi connectivity index (χ3n) is 5.76. The molecule has 31 heavy (non-hydrogen) atoms. The highest BCUT2D eigenvalue weighted by atomic mass is 32.2. The van der Waals surface area contributed by atoms with Crippen molar-refractivity contribution in [2.24, 2.45) is 7.05 Å². The molecule has 0 amide bonds. The Balaban J connectivity index is 1.65. The molecule has 1 N–H and O–H groups in total. The summed E-state index contributed by atoms with van der Waals surface area (Å²) in [7, 11) is 0.166. The van der Waals surface area contributed by atoms with Crippen LogP contribution in [0.25, 0.3) is 22.2 Å². The first-order valence-electron chi connectivity index (χ1n) is 10.1. The van der Waals surface area contributed by atoms with Crippen molar-refractivity contribution in [3.8, 4) is 11.1 Å². The van der Waals surface area contributed by atoms with Gasteiger partial charge < -0.3 is 9.47 Å². The number of pyridine rings is 2. The van der Waals surface area contributed by atoms with Crippen LogP contribution in [0.5, 0.6) is 0 Å². The molecule has 1 aromatic carbocycles. The molecule has 5 rings (SSSR count). The van der Waals surface area contributed by atoms with Gasteiger partial charge in [-0.3, -0.25) is 4.72 Å². The number of fused-ring (bicyclic) bond motifs is 2. The van der Waals surface area contributed by atoms with Gasteiger partial charge in [0, 0.05) is 50.0 Å². The van der Waals surface area contributed by atoms with Crippen LogP contribution in [0.4, 0.5) is 11.4 Å². The smallest absolute Gasteiger partial charge is 0.279 e. The van der Waals surface area contributed by atoms with E-state index in [4.69, 9.17) is 0 Å². The zero-order chi connectivity index (χ0) is 21.8. The highest BCUT2D eigenvalue weighted by Gasteiger charge is 2.22. The summed E-state index contributed by atoms with van der Waals surface area (Å²) in [5.41, 5.74) is 6.34. The predicted molar refractivity (Wildman–Crippen MR) is 123 cm³/mol. The molecule has 0 radical (unpaired) electrons. The van der Waals surface area contributed by atoms with Crippen LogP contribution in [-0.2, 0) is 23.5 Å². The van der Waals surface area contributed by atoms with Crippen molar-refractivity contribution in [3.63, 3.8) is 0 Å². The molecular weight excluding hydrogens is 410 g/mol. The summed E-state index contributed by atoms with van der Waals surface area (Å²) in [6, 6.07) is 13.1. The van der Waals surface area contributed by atoms with Crippen molar-refractivity contribution in [1.29, 1.82) is 0 Å². The standard InChI is InChI=1S/C23H23N5O2S/c1-15-5-4-6-21(25-15)31(29,30)26-19-9-11-24-23-22(19)18(14-28(23)3)17-8-7-16-10-12-27(2)20(16)13-17/h4-9,11,13-14H,10,12H2,1-3H3,(H,24,26). The number of likely N-dealkylation sites (N-methyl/N-ethyl adjacent to an activating group) is 1. The molecule has 4 aromatic rings. The van der Waals surface area contributed by atoms with Crippen LogP contribution in [0.1, 0.15) is 11.3 Å². The third kappa shape index (κ3) is 3.33. The molecule has 3 aromatic heterocycles. The molecule has 7 nitrogen and oxygen atoms in total. The zero-order valence-corrected chi connectivity index (χ0v) is 18.4. The van der Waals surface area contributed by atoms with Gasteiger partial charge in [0.15, 0.2) is 5.03 Å². The first-order chi connectivity index (χ1) is 14.8. The molecular formula is C23H23N5O2S. The van der Waals surface area contributed by atoms with E-state index in [0.29, 0.717) is 17.0 Å². The number of hydrogen-bond acceptors (Lipinski definition) is 5. The van der Waals surface area contributed by atoms with Crippen molar-refractivity contribution in [3.05, 3.63) is 66.1 Å². The Bertz CT molecular complexity index is 1430. The second-order valence-corrected chi connectivity index (χ2v) is 9.58. The molecule has 0 aliphatic carbocycles. The number of sulfonamides is 1. The van der Waals surface area contributed by atoms with Crippen LogP contribution >= 0.6 is 0 Å². The highest BCUT2D eigenvalue weighted by Crippen LogP contribution is 2.38. The maximum absolute atomic E-state index is 13.0. The number of hydrogen-bond donors (Lipinski definition) is 1. The normalized spacial score (nSPS) is 13.6. The van der Waals surface area contributed by atoms with Gasteiger partial charge in [0.05, 0.1) is 11.1 Å². The maximum atomic E-state index is 13.0. The summed E-state index contributed by atoms with van der Waals surface area (Å²) in [4.78, 5) is 10.9. The Hall–Kier alpha value is -3.39. The Morgan fingerprint density at radius 1 is 1.10 bits per heavy atom. The molecule has 0 saturated heterocycles. The molecule has 0 fully saturated rings. The second kappa shape index (κ2) is 7.09. The summed E-state index contributed by atoms with van der Waals surface area (Å²) in [5.74, 6) is 0. The number of aryl methyl sites for hydroxylation is 2. The molecule has 0 atom stereocenters. The topological polar surface area (TPSA) is 80.1 Å². The molecule has 0 saturated carbocycles. The average Bonchev–Trinajstić information content (AvgIpc) is 3.28. The summed E-state index contributed by atoms with van der Waals surface area (Å²) >= 11 is 0. The maximum Gasteiger partial charge on any atom is 0.279 e. The van der Waals surface area contributed by atoms with E-state index in [1.165, 1.54) is 17.3 Å². The predicted octanol–water partition coefficient (Wildman–Crippen LogP) is 3.74. The van der Waals surface area contributed by atoms with Crippen LogP contribution in [0.15, 0.2) is 59.9 Å². The van der Waals surface area contributed by atoms with E-state index in [0.717, 1.165) is 29.5 Å². The van der Waals surface area contributed by atoms with E-state index < -0.39 is 10.0 Å². The minimum Gasteiger partial charge on any atom is -0.374 e. The Morgan fingerprint density at radius 2 is 1.94 bits per heavy atom. The number of nitrogens with zero attached hydrogens (tertiary/aromatic N) is 4. The minimum atomic E-state index is -3.84. The second-order valence-electron chi connectivity index (χ2n) is 7.95. The summed E-state index contributed by atoms with van der Waals surface area (Å²) in [6.07, 6.45) is 4.65. The Labute approximate surface area is 181 Å². The van der Waals surface area contributed by atoms with E-state index in [-0.39, 0.29) is 5.03 Å². The lowest BCUT2D eigenvalue weighted by Gasteiger charge is -2.14. The largest absolute Gasteiger partial charge is 0.374 e. The van der Waals surface area contributed by atoms with Crippen LogP contribution < -0.4 is 9.62 Å². The van der Waals surface area contributed by atoms with Crippen molar-refractivity contribution >= 4 is 32.4 Å². The summed E-state index contributed by atoms with van der Waals surface area (Å²) < 4.78 is 30.7. The lowest BCUT2D eigenvalue weighted by atomic mass is 10.0. The number of nitrogens with one attached hydrogen (secondary N) is 1. The lowest BCUT2D eigenvalue weighted by molar-refractivity contribution is 0.597. The van der Waals surface area contributed by atoms with E-state index in [2.05, 4.69) is 44.8 Å². The lowest BCUT2D eigenvalue weighted by Crippen LogP contribution is -2.15. The molecule has 8 heteroatoms. The zero-order valence-electron chi connectivity index (χ0n) is 17.6. The van der Waals surface area contributed by atoms with Crippen molar-refractivity contribution in [2.75, 3.05) is 23.2 Å². The summed E-state index contributed by atoms with van der Waals surface area (Å²) in [6.45, 7) is 2.77. The highest BCUT2D eigenvalue weighted by molar-refractivity contribution is 7.92. The fraction of sp³-hybridized carbons (Fsp3) is 0.217. The molecule has 158 valence electrons. The van der Waals surface area contributed by atoms with Gasteiger partial charge in [-0.2, -0.15) is 8.42 Å². The number of aromatic nitrogens is 3. The van der Waals surface area contributed by atoms with Crippen LogP contribution in [0.2, 0.25) is 0 Å². The fourth-order valence-corrected chi connectivity index (χ4v) is 5.26. The molecule has 1 aliphatic rings. The van der Waals surface area contributed by atoms with Crippen LogP contribution in [0.3, 0.4) is 0 Å². The molecule has 1 aliphatic heterocycles. The molecule has 4 heterocycles. The quantitative estimate of drug-likeness (QED) is 0.530. The van der Waals surface area contributed by atoms with Gasteiger partial charge >= 0.3 is 0 Å². The number of anilines is 2. The van der Waals surface area contributed by atoms with E-state index in [9.17, 15) is 8.42 Å². The van der Waals surface area contributed by atoms with E-state index in [1.807, 2.05) is 17.8 Å². The SMILES string of the molecule is Cc1cccc(S(=O)(=O)Nc2ccnc3c2c(-c2ccc4c(c2)N(C)CC4)cn3C)n1. The van der Waals surface area contributed by atoms with E-state index in [1.54, 1.807) is 31.3 Å². The minimum absolute atomic E-state index is 0.00546. The van der Waals surface area contributed by atoms with Gasteiger partial charge in [-0.05, 0) is 48.7 Å². The fourth-order valence-electron chi connectivity index (χ4n) is 4.18. The van der Waals surface area contributed by atoms with E-state index >= 15 is 0 Å². The molecule has 0 spiro atoms. The summed E-state index contributed by atoms with van der Waals surface area (Å²) in [5, 5.41) is 0.760. The average molecular weight is 434 g/mol. The molecule has 0 unspecified atom stereocenters. The van der Waals surface area contributed by atoms with Gasteiger partial charge in [-0.1, -0.05) is 18.2 Å². The van der Waals surface area contributed by atoms with Crippen molar-refractivity contribution < 1.29 is 8.42 Å². The van der Waals surface area contributed by atoms with Gasteiger partial charge in [0.2, 0.25) is 0 Å². The Morgan fingerprint density at radius 3 is 2.74 bits per heavy atom. The first kappa shape index (κ1) is 19.6. The number of rotatable bonds is 4. The van der Waals surface area contributed by atoms with Crippen molar-refractivity contribution in [1.82, 2.24) is 14.5 Å². The first-order valence-corrected chi connectivity index (χ1v) is 11.6.